The number of carbonyl (C=O) groups is 2. The highest BCUT2D eigenvalue weighted by molar-refractivity contribution is 9.10. The first kappa shape index (κ1) is 23.4. The molecule has 1 aromatic carbocycles. The molecular weight excluding hydrogens is 464 g/mol. The molecule has 3 rings (SSSR count). The van der Waals surface area contributed by atoms with Crippen molar-refractivity contribution in [2.45, 2.75) is 65.5 Å². The predicted molar refractivity (Wildman–Crippen MR) is 124 cm³/mol. The van der Waals surface area contributed by atoms with Crippen LogP contribution in [0.5, 0.6) is 5.75 Å². The number of hydrogen-bond acceptors (Lipinski definition) is 6. The number of amides is 2. The van der Waals surface area contributed by atoms with E-state index >= 15 is 0 Å². The van der Waals surface area contributed by atoms with Gasteiger partial charge in [0.05, 0.1) is 5.69 Å². The minimum absolute atomic E-state index is 0.145. The molecule has 0 spiro atoms. The zero-order chi connectivity index (χ0) is 22.8. The molecule has 2 aliphatic rings. The van der Waals surface area contributed by atoms with Gasteiger partial charge in [-0.05, 0) is 64.7 Å². The van der Waals surface area contributed by atoms with Crippen molar-refractivity contribution in [3.05, 3.63) is 22.2 Å². The highest BCUT2D eigenvalue weighted by atomic mass is 79.9. The number of amidine groups is 1. The normalized spacial score (nSPS) is 17.7. The number of hydrogen-bond donors (Lipinski definition) is 1. The molecule has 1 aromatic rings. The molecule has 2 amide bonds. The van der Waals surface area contributed by atoms with E-state index in [1.54, 1.807) is 4.90 Å². The van der Waals surface area contributed by atoms with Gasteiger partial charge in [0.2, 0.25) is 0 Å². The van der Waals surface area contributed by atoms with E-state index in [2.05, 4.69) is 26.5 Å². The summed E-state index contributed by atoms with van der Waals surface area (Å²) in [5.41, 5.74) is 3.95. The Balaban J connectivity index is 1.73. The molecule has 2 heterocycles. The number of nitrogens with zero attached hydrogens (tertiary/aromatic N) is 3. The van der Waals surface area contributed by atoms with Gasteiger partial charge < -0.3 is 19.3 Å². The molecule has 0 saturated heterocycles. The lowest BCUT2D eigenvalue weighted by Gasteiger charge is -2.38. The van der Waals surface area contributed by atoms with E-state index in [1.165, 1.54) is 0 Å². The van der Waals surface area contributed by atoms with E-state index in [-0.39, 0.29) is 18.0 Å². The molecule has 0 aliphatic carbocycles. The summed E-state index contributed by atoms with van der Waals surface area (Å²) in [4.78, 5) is 28.3. The van der Waals surface area contributed by atoms with Gasteiger partial charge in [0.15, 0.2) is 5.84 Å². The van der Waals surface area contributed by atoms with Crippen molar-refractivity contribution in [3.8, 4) is 5.75 Å². The van der Waals surface area contributed by atoms with Crippen LogP contribution in [0.2, 0.25) is 0 Å². The summed E-state index contributed by atoms with van der Waals surface area (Å²) in [6.07, 6.45) is 2.14. The minimum atomic E-state index is -0.513. The third-order valence-electron chi connectivity index (χ3n) is 5.10. The van der Waals surface area contributed by atoms with Crippen LogP contribution in [0.4, 0.5) is 10.5 Å². The van der Waals surface area contributed by atoms with Gasteiger partial charge in [0, 0.05) is 17.6 Å². The van der Waals surface area contributed by atoms with Gasteiger partial charge in [0.25, 0.3) is 5.91 Å². The molecule has 1 N–H and O–H groups in total. The van der Waals surface area contributed by atoms with Crippen LogP contribution in [0, 0.1) is 0 Å². The fraction of sp³-hybridized carbons (Fsp3) is 0.591. The van der Waals surface area contributed by atoms with Crippen molar-refractivity contribution < 1.29 is 19.1 Å². The fourth-order valence-electron chi connectivity index (χ4n) is 3.63. The number of ether oxygens (including phenoxy) is 2. The second-order valence-electron chi connectivity index (χ2n) is 8.82. The average molecular weight is 495 g/mol. The number of carbonyl (C=O) groups excluding carboxylic acids is 2. The largest absolute Gasteiger partial charge is 0.483 e. The summed E-state index contributed by atoms with van der Waals surface area (Å²) in [7, 11) is 0. The molecule has 0 radical (unpaired) electrons. The van der Waals surface area contributed by atoms with Crippen LogP contribution in [-0.4, -0.2) is 54.1 Å². The minimum Gasteiger partial charge on any atom is -0.483 e. The van der Waals surface area contributed by atoms with Gasteiger partial charge >= 0.3 is 6.09 Å². The summed E-state index contributed by atoms with van der Waals surface area (Å²) in [5, 5.41) is 4.14. The Hall–Kier alpha value is -2.29. The van der Waals surface area contributed by atoms with E-state index < -0.39 is 5.60 Å². The van der Waals surface area contributed by atoms with Crippen LogP contribution in [0.1, 0.15) is 53.0 Å². The zero-order valence-electron chi connectivity index (χ0n) is 18.8. The second kappa shape index (κ2) is 9.46. The van der Waals surface area contributed by atoms with Crippen LogP contribution in [-0.2, 0) is 16.0 Å². The summed E-state index contributed by atoms with van der Waals surface area (Å²) >= 11 is 3.64. The number of nitrogens with one attached hydrogen (secondary N) is 1. The molecule has 1 unspecified atom stereocenters. The first-order chi connectivity index (χ1) is 14.6. The van der Waals surface area contributed by atoms with Crippen LogP contribution < -0.4 is 15.1 Å². The highest BCUT2D eigenvalue weighted by Gasteiger charge is 2.35. The number of benzene rings is 1. The first-order valence-electron chi connectivity index (χ1n) is 10.7. The van der Waals surface area contributed by atoms with E-state index in [0.717, 1.165) is 40.7 Å². The van der Waals surface area contributed by atoms with Crippen LogP contribution in [0.15, 0.2) is 21.7 Å². The third kappa shape index (κ3) is 5.50. The van der Waals surface area contributed by atoms with Crippen molar-refractivity contribution in [2.24, 2.45) is 5.10 Å². The van der Waals surface area contributed by atoms with E-state index in [9.17, 15) is 9.59 Å². The monoisotopic (exact) mass is 494 g/mol. The Morgan fingerprint density at radius 2 is 2.13 bits per heavy atom. The maximum Gasteiger partial charge on any atom is 0.410 e. The maximum atomic E-state index is 12.5. The number of aryl methyl sites for hydroxylation is 1. The zero-order valence-corrected chi connectivity index (χ0v) is 20.4. The summed E-state index contributed by atoms with van der Waals surface area (Å²) in [5.74, 6) is 1.26. The molecule has 1 atom stereocenters. The lowest BCUT2D eigenvalue weighted by Crippen LogP contribution is -2.55. The number of anilines is 1. The van der Waals surface area contributed by atoms with Crippen molar-refractivity contribution in [2.75, 3.05) is 24.6 Å². The summed E-state index contributed by atoms with van der Waals surface area (Å²) in [6.45, 7) is 11.1. The highest BCUT2D eigenvalue weighted by Crippen LogP contribution is 2.39. The van der Waals surface area contributed by atoms with Gasteiger partial charge in [-0.2, -0.15) is 5.10 Å². The lowest BCUT2D eigenvalue weighted by molar-refractivity contribution is -0.122. The van der Waals surface area contributed by atoms with Gasteiger partial charge in [0.1, 0.15) is 24.0 Å². The van der Waals surface area contributed by atoms with Crippen molar-refractivity contribution in [1.82, 2.24) is 10.3 Å². The van der Waals surface area contributed by atoms with Crippen molar-refractivity contribution in [3.63, 3.8) is 0 Å². The smallest absolute Gasteiger partial charge is 0.410 e. The van der Waals surface area contributed by atoms with E-state index in [4.69, 9.17) is 9.47 Å². The van der Waals surface area contributed by atoms with E-state index in [1.807, 2.05) is 51.7 Å². The molecule has 0 fully saturated rings. The van der Waals surface area contributed by atoms with Gasteiger partial charge in [-0.1, -0.05) is 22.9 Å². The standard InChI is InChI=1S/C22H31BrN4O4/c1-6-9-26(21(29)31-22(3,4)5)10-7-8-15-11-17-18(12-16(15)23)30-13-19-24-25-20(28)14(2)27(17)19/h11-12,14H,6-10,13H2,1-5H3,(H,25,28). The van der Waals surface area contributed by atoms with Gasteiger partial charge in [-0.25, -0.2) is 10.2 Å². The maximum absolute atomic E-state index is 12.5. The second-order valence-corrected chi connectivity index (χ2v) is 9.68. The molecule has 31 heavy (non-hydrogen) atoms. The Kier molecular flexibility index (Phi) is 7.13. The Labute approximate surface area is 192 Å². The number of hydrazone groups is 1. The number of fused-ring (bicyclic) bond motifs is 3. The Morgan fingerprint density at radius 3 is 2.81 bits per heavy atom. The molecular formula is C22H31BrN4O4. The lowest BCUT2D eigenvalue weighted by atomic mass is 10.0. The third-order valence-corrected chi connectivity index (χ3v) is 5.84. The van der Waals surface area contributed by atoms with Gasteiger partial charge in [-0.3, -0.25) is 4.79 Å². The van der Waals surface area contributed by atoms with Crippen LogP contribution >= 0.6 is 15.9 Å². The predicted octanol–water partition coefficient (Wildman–Crippen LogP) is 4.06. The van der Waals surface area contributed by atoms with Crippen molar-refractivity contribution in [1.29, 1.82) is 0 Å². The first-order valence-corrected chi connectivity index (χ1v) is 11.5. The molecule has 0 saturated carbocycles. The Bertz CT molecular complexity index is 881. The van der Waals surface area contributed by atoms with E-state index in [0.29, 0.717) is 25.5 Å². The van der Waals surface area contributed by atoms with Crippen LogP contribution in [0.3, 0.4) is 0 Å². The Morgan fingerprint density at radius 1 is 1.39 bits per heavy atom. The molecule has 2 aliphatic heterocycles. The topological polar surface area (TPSA) is 83.5 Å². The van der Waals surface area contributed by atoms with Crippen molar-refractivity contribution >= 4 is 39.5 Å². The van der Waals surface area contributed by atoms with Crippen LogP contribution in [0.25, 0.3) is 0 Å². The summed E-state index contributed by atoms with van der Waals surface area (Å²) < 4.78 is 12.3. The molecule has 170 valence electrons. The quantitative estimate of drug-likeness (QED) is 0.644. The number of halogens is 1. The molecule has 0 aromatic heterocycles. The SMILES string of the molecule is CCCN(CCCc1cc2c(cc1Br)OCC1=NNC(=O)C(C)N12)C(=O)OC(C)(C)C. The average Bonchev–Trinajstić information content (AvgIpc) is 2.68. The molecule has 9 heteroatoms. The van der Waals surface area contributed by atoms with Gasteiger partial charge in [-0.15, -0.1) is 0 Å². The number of rotatable bonds is 6. The molecule has 0 bridgehead atoms. The summed E-state index contributed by atoms with van der Waals surface area (Å²) in [6, 6.07) is 3.62. The molecule has 8 nitrogen and oxygen atoms in total. The fourth-order valence-corrected chi connectivity index (χ4v) is 4.15.